The summed E-state index contributed by atoms with van der Waals surface area (Å²) >= 11 is 0. The Bertz CT molecular complexity index is 734. The third-order valence-electron chi connectivity index (χ3n) is 2.99. The van der Waals surface area contributed by atoms with Gasteiger partial charge < -0.3 is 14.6 Å². The summed E-state index contributed by atoms with van der Waals surface area (Å²) in [5, 5.41) is 18.9. The van der Waals surface area contributed by atoms with E-state index < -0.39 is 0 Å². The Morgan fingerprint density at radius 3 is 2.20 bits per heavy atom. The number of ether oxygens (including phenoxy) is 2. The highest BCUT2D eigenvalue weighted by Crippen LogP contribution is 2.36. The van der Waals surface area contributed by atoms with E-state index in [1.165, 1.54) is 11.9 Å². The van der Waals surface area contributed by atoms with Crippen molar-refractivity contribution >= 4 is 11.0 Å². The second kappa shape index (κ2) is 4.73. The van der Waals surface area contributed by atoms with E-state index in [-0.39, 0.29) is 5.75 Å². The van der Waals surface area contributed by atoms with Gasteiger partial charge in [-0.05, 0) is 12.1 Å². The van der Waals surface area contributed by atoms with Crippen molar-refractivity contribution in [3.05, 3.63) is 36.4 Å². The van der Waals surface area contributed by atoms with Crippen LogP contribution in [0.15, 0.2) is 36.4 Å². The minimum atomic E-state index is -0.0337. The average Bonchev–Trinajstić information content (AvgIpc) is 2.91. The van der Waals surface area contributed by atoms with Crippen LogP contribution >= 0.6 is 0 Å². The van der Waals surface area contributed by atoms with Crippen LogP contribution < -0.4 is 9.47 Å². The molecule has 0 atom stereocenters. The highest BCUT2D eigenvalue weighted by molar-refractivity contribution is 5.74. The van der Waals surface area contributed by atoms with E-state index in [4.69, 9.17) is 9.47 Å². The summed E-state index contributed by atoms with van der Waals surface area (Å²) < 4.78 is 10.3. The van der Waals surface area contributed by atoms with Crippen LogP contribution in [-0.2, 0) is 0 Å². The molecule has 1 heterocycles. The lowest BCUT2D eigenvalue weighted by Gasteiger charge is -2.10. The molecular formula is C14H13N3O3. The molecule has 2 aromatic carbocycles. The van der Waals surface area contributed by atoms with Crippen molar-refractivity contribution in [2.24, 2.45) is 0 Å². The molecule has 0 saturated heterocycles. The Kier molecular flexibility index (Phi) is 2.90. The lowest BCUT2D eigenvalue weighted by molar-refractivity contribution is 0.362. The van der Waals surface area contributed by atoms with Crippen molar-refractivity contribution in [3.8, 4) is 22.9 Å². The molecule has 1 N–H and O–H groups in total. The maximum absolute atomic E-state index is 10.2. The molecule has 102 valence electrons. The molecule has 0 amide bonds. The molecule has 0 unspecified atom stereocenters. The van der Waals surface area contributed by atoms with Gasteiger partial charge in [0.1, 0.15) is 22.5 Å². The zero-order valence-corrected chi connectivity index (χ0v) is 11.1. The predicted molar refractivity (Wildman–Crippen MR) is 73.6 cm³/mol. The van der Waals surface area contributed by atoms with E-state index in [9.17, 15) is 5.11 Å². The van der Waals surface area contributed by atoms with Gasteiger partial charge in [0.05, 0.1) is 14.2 Å². The summed E-state index contributed by atoms with van der Waals surface area (Å²) in [6, 6.07) is 10.7. The first-order valence-electron chi connectivity index (χ1n) is 6.00. The van der Waals surface area contributed by atoms with Crippen molar-refractivity contribution in [1.82, 2.24) is 15.0 Å². The molecular weight excluding hydrogens is 258 g/mol. The molecule has 6 nitrogen and oxygen atoms in total. The zero-order valence-electron chi connectivity index (χ0n) is 11.1. The van der Waals surface area contributed by atoms with Crippen molar-refractivity contribution in [3.63, 3.8) is 0 Å². The number of hydrogen-bond acceptors (Lipinski definition) is 5. The number of benzene rings is 2. The molecule has 3 rings (SSSR count). The quantitative estimate of drug-likeness (QED) is 0.790. The van der Waals surface area contributed by atoms with Crippen LogP contribution in [0.25, 0.3) is 16.7 Å². The number of hydrogen-bond donors (Lipinski definition) is 1. The summed E-state index contributed by atoms with van der Waals surface area (Å²) in [6.07, 6.45) is 0. The van der Waals surface area contributed by atoms with E-state index in [0.29, 0.717) is 17.2 Å². The van der Waals surface area contributed by atoms with Gasteiger partial charge in [-0.15, -0.1) is 15.0 Å². The fourth-order valence-electron chi connectivity index (χ4n) is 1.96. The van der Waals surface area contributed by atoms with Crippen LogP contribution in [0.3, 0.4) is 0 Å². The highest BCUT2D eigenvalue weighted by atomic mass is 16.5. The molecule has 0 saturated carbocycles. The van der Waals surface area contributed by atoms with Crippen LogP contribution in [0.1, 0.15) is 0 Å². The number of rotatable bonds is 3. The second-order valence-electron chi connectivity index (χ2n) is 4.18. The van der Waals surface area contributed by atoms with Crippen molar-refractivity contribution < 1.29 is 14.6 Å². The third kappa shape index (κ3) is 1.91. The van der Waals surface area contributed by atoms with Gasteiger partial charge in [0.25, 0.3) is 0 Å². The Morgan fingerprint density at radius 1 is 1.00 bits per heavy atom. The molecule has 0 spiro atoms. The van der Waals surface area contributed by atoms with Crippen LogP contribution in [0.5, 0.6) is 17.2 Å². The molecule has 6 heteroatoms. The van der Waals surface area contributed by atoms with Crippen LogP contribution in [-0.4, -0.2) is 34.3 Å². The SMILES string of the molecule is COc1cc(OC)c(O)c(-n2nc3ccccc3n2)c1. The lowest BCUT2D eigenvalue weighted by Crippen LogP contribution is -2.01. The van der Waals surface area contributed by atoms with Gasteiger partial charge in [-0.1, -0.05) is 12.1 Å². The number of aromatic hydroxyl groups is 1. The van der Waals surface area contributed by atoms with E-state index in [1.54, 1.807) is 19.2 Å². The topological polar surface area (TPSA) is 69.4 Å². The average molecular weight is 271 g/mol. The van der Waals surface area contributed by atoms with Gasteiger partial charge in [-0.25, -0.2) is 0 Å². The number of phenols is 1. The molecule has 0 aliphatic carbocycles. The van der Waals surface area contributed by atoms with E-state index >= 15 is 0 Å². The smallest absolute Gasteiger partial charge is 0.186 e. The maximum atomic E-state index is 10.2. The second-order valence-corrected chi connectivity index (χ2v) is 4.18. The fraction of sp³-hybridized carbons (Fsp3) is 0.143. The summed E-state index contributed by atoms with van der Waals surface area (Å²) in [5.41, 5.74) is 1.89. The molecule has 1 aromatic heterocycles. The number of phenolic OH excluding ortho intramolecular Hbond substituents is 1. The van der Waals surface area contributed by atoms with Gasteiger partial charge >= 0.3 is 0 Å². The molecule has 0 radical (unpaired) electrons. The maximum Gasteiger partial charge on any atom is 0.186 e. The Labute approximate surface area is 115 Å². The van der Waals surface area contributed by atoms with Crippen molar-refractivity contribution in [2.75, 3.05) is 14.2 Å². The summed E-state index contributed by atoms with van der Waals surface area (Å²) in [5.74, 6) is 0.824. The number of nitrogens with zero attached hydrogens (tertiary/aromatic N) is 3. The Balaban J connectivity index is 2.22. The van der Waals surface area contributed by atoms with E-state index in [2.05, 4.69) is 10.2 Å². The van der Waals surface area contributed by atoms with Crippen LogP contribution in [0, 0.1) is 0 Å². The third-order valence-corrected chi connectivity index (χ3v) is 2.99. The molecule has 3 aromatic rings. The van der Waals surface area contributed by atoms with Crippen molar-refractivity contribution in [1.29, 1.82) is 0 Å². The summed E-state index contributed by atoms with van der Waals surface area (Å²) in [6.45, 7) is 0. The first-order chi connectivity index (χ1) is 9.72. The largest absolute Gasteiger partial charge is 0.503 e. The first kappa shape index (κ1) is 12.3. The van der Waals surface area contributed by atoms with Gasteiger partial charge in [0, 0.05) is 12.1 Å². The van der Waals surface area contributed by atoms with Crippen LogP contribution in [0.2, 0.25) is 0 Å². The van der Waals surface area contributed by atoms with E-state index in [1.807, 2.05) is 24.3 Å². The molecule has 0 bridgehead atoms. The summed E-state index contributed by atoms with van der Waals surface area (Å²) in [4.78, 5) is 1.37. The zero-order chi connectivity index (χ0) is 14.1. The predicted octanol–water partition coefficient (Wildman–Crippen LogP) is 2.14. The number of fused-ring (bicyclic) bond motifs is 1. The molecule has 0 aliphatic heterocycles. The number of aromatic nitrogens is 3. The lowest BCUT2D eigenvalue weighted by atomic mass is 10.2. The van der Waals surface area contributed by atoms with Crippen molar-refractivity contribution in [2.45, 2.75) is 0 Å². The normalized spacial score (nSPS) is 10.7. The summed E-state index contributed by atoms with van der Waals surface area (Å²) in [7, 11) is 3.02. The standard InChI is InChI=1S/C14H13N3O3/c1-19-9-7-12(14(18)13(8-9)20-2)17-15-10-5-3-4-6-11(10)16-17/h3-8,18H,1-2H3. The minimum absolute atomic E-state index is 0.0337. The van der Waals surface area contributed by atoms with Gasteiger partial charge in [0.2, 0.25) is 0 Å². The molecule has 20 heavy (non-hydrogen) atoms. The monoisotopic (exact) mass is 271 g/mol. The molecule has 0 aliphatic rings. The Hall–Kier alpha value is -2.76. The van der Waals surface area contributed by atoms with Gasteiger partial charge in [-0.3, -0.25) is 0 Å². The van der Waals surface area contributed by atoms with Gasteiger partial charge in [0.15, 0.2) is 11.5 Å². The highest BCUT2D eigenvalue weighted by Gasteiger charge is 2.15. The van der Waals surface area contributed by atoms with E-state index in [0.717, 1.165) is 11.0 Å². The van der Waals surface area contributed by atoms with Gasteiger partial charge in [-0.2, -0.15) is 0 Å². The fourth-order valence-corrected chi connectivity index (χ4v) is 1.96. The Morgan fingerprint density at radius 2 is 1.65 bits per heavy atom. The number of methoxy groups -OCH3 is 2. The minimum Gasteiger partial charge on any atom is -0.503 e. The van der Waals surface area contributed by atoms with Crippen LogP contribution in [0.4, 0.5) is 0 Å². The molecule has 0 fully saturated rings. The first-order valence-corrected chi connectivity index (χ1v) is 6.00.